The van der Waals surface area contributed by atoms with Crippen molar-refractivity contribution in [2.24, 2.45) is 5.92 Å². The van der Waals surface area contributed by atoms with Gasteiger partial charge in [-0.05, 0) is 47.0 Å². The molecule has 1 fully saturated rings. The van der Waals surface area contributed by atoms with Crippen molar-refractivity contribution in [2.45, 2.75) is 25.9 Å². The van der Waals surface area contributed by atoms with E-state index in [4.69, 9.17) is 4.74 Å². The molecule has 4 nitrogen and oxygen atoms in total. The zero-order valence-electron chi connectivity index (χ0n) is 10.5. The molecule has 2 unspecified atom stereocenters. The maximum Gasteiger partial charge on any atom is 0.228 e. The topological polar surface area (TPSA) is 55.4 Å². The minimum absolute atomic E-state index is 0.0240. The van der Waals surface area contributed by atoms with Gasteiger partial charge in [0.1, 0.15) is 0 Å². The maximum atomic E-state index is 12.5. The number of halogens is 1. The Morgan fingerprint density at radius 1 is 1.47 bits per heavy atom. The monoisotopic (exact) mass is 323 g/mol. The summed E-state index contributed by atoms with van der Waals surface area (Å²) in [6.07, 6.45) is 1.08. The molecule has 2 heterocycles. The lowest BCUT2D eigenvalue weighted by Gasteiger charge is -2.14. The first-order chi connectivity index (χ1) is 9.06. The largest absolute Gasteiger partial charge is 0.378 e. The molecule has 1 saturated heterocycles. The molecule has 1 N–H and O–H groups in total. The summed E-state index contributed by atoms with van der Waals surface area (Å²) in [5.74, 6) is -0.0116. The number of anilines is 1. The fourth-order valence-corrected chi connectivity index (χ4v) is 3.25. The summed E-state index contributed by atoms with van der Waals surface area (Å²) in [6, 6.07) is 3.64. The second kappa shape index (κ2) is 4.72. The summed E-state index contributed by atoms with van der Waals surface area (Å²) in [7, 11) is 0. The summed E-state index contributed by atoms with van der Waals surface area (Å²) in [6.45, 7) is 2.57. The smallest absolute Gasteiger partial charge is 0.228 e. The Balaban J connectivity index is 1.95. The van der Waals surface area contributed by atoms with E-state index in [9.17, 15) is 9.59 Å². The molecule has 3 rings (SSSR count). The van der Waals surface area contributed by atoms with Crippen LogP contribution < -0.4 is 5.32 Å². The first-order valence-corrected chi connectivity index (χ1v) is 7.13. The molecule has 0 bridgehead atoms. The third-order valence-corrected chi connectivity index (χ3v) is 4.45. The van der Waals surface area contributed by atoms with Crippen LogP contribution in [0.2, 0.25) is 0 Å². The zero-order chi connectivity index (χ0) is 13.6. The number of amides is 1. The van der Waals surface area contributed by atoms with Crippen molar-refractivity contribution in [1.82, 2.24) is 0 Å². The van der Waals surface area contributed by atoms with E-state index in [1.807, 2.05) is 19.1 Å². The van der Waals surface area contributed by atoms with E-state index in [1.54, 1.807) is 0 Å². The number of nitrogens with one attached hydrogen (secondary N) is 1. The van der Waals surface area contributed by atoms with Crippen LogP contribution in [0.5, 0.6) is 0 Å². The lowest BCUT2D eigenvalue weighted by Crippen LogP contribution is -2.22. The van der Waals surface area contributed by atoms with Crippen molar-refractivity contribution in [3.05, 3.63) is 27.7 Å². The second-order valence-electron chi connectivity index (χ2n) is 5.05. The average Bonchev–Trinajstić information content (AvgIpc) is 2.92. The number of fused-ring (bicyclic) bond motifs is 1. The predicted octanol–water partition coefficient (Wildman–Crippen LogP) is 2.55. The number of Topliss-reactive ketones (excluding diaryl/α,β-unsaturated/α-hetero) is 1. The third kappa shape index (κ3) is 2.21. The number of carbonyl (C=O) groups excluding carboxylic acids is 2. The minimum atomic E-state index is -0.0839. The first-order valence-electron chi connectivity index (χ1n) is 6.34. The molecule has 1 aromatic carbocycles. The lowest BCUT2D eigenvalue weighted by atomic mass is 9.91. The van der Waals surface area contributed by atoms with Gasteiger partial charge in [0.2, 0.25) is 5.91 Å². The van der Waals surface area contributed by atoms with Crippen molar-refractivity contribution in [1.29, 1.82) is 0 Å². The van der Waals surface area contributed by atoms with Crippen LogP contribution in [0.1, 0.15) is 29.3 Å². The molecule has 0 spiro atoms. The van der Waals surface area contributed by atoms with Crippen molar-refractivity contribution < 1.29 is 14.3 Å². The van der Waals surface area contributed by atoms with Gasteiger partial charge in [0, 0.05) is 22.3 Å². The molecule has 5 heteroatoms. The molecule has 1 aromatic rings. The number of rotatable bonds is 2. The highest BCUT2D eigenvalue weighted by Crippen LogP contribution is 2.33. The Labute approximate surface area is 119 Å². The Morgan fingerprint density at radius 2 is 2.26 bits per heavy atom. The minimum Gasteiger partial charge on any atom is -0.378 e. The summed E-state index contributed by atoms with van der Waals surface area (Å²) in [5, 5.41) is 2.78. The van der Waals surface area contributed by atoms with Gasteiger partial charge in [-0.25, -0.2) is 0 Å². The summed E-state index contributed by atoms with van der Waals surface area (Å²) < 4.78 is 6.19. The van der Waals surface area contributed by atoms with Crippen molar-refractivity contribution >= 4 is 33.3 Å². The molecule has 19 heavy (non-hydrogen) atoms. The van der Waals surface area contributed by atoms with E-state index in [0.29, 0.717) is 18.6 Å². The molecule has 0 aliphatic carbocycles. The van der Waals surface area contributed by atoms with Crippen LogP contribution in [0.3, 0.4) is 0 Å². The van der Waals surface area contributed by atoms with Gasteiger partial charge in [-0.2, -0.15) is 0 Å². The Bertz CT molecular complexity index is 570. The van der Waals surface area contributed by atoms with Gasteiger partial charge in [0.05, 0.1) is 18.4 Å². The van der Waals surface area contributed by atoms with Gasteiger partial charge in [-0.15, -0.1) is 0 Å². The van der Waals surface area contributed by atoms with Gasteiger partial charge in [0.15, 0.2) is 5.78 Å². The van der Waals surface area contributed by atoms with Gasteiger partial charge in [-0.3, -0.25) is 9.59 Å². The maximum absolute atomic E-state index is 12.5. The van der Waals surface area contributed by atoms with Crippen LogP contribution in [0.4, 0.5) is 5.69 Å². The number of hydrogen-bond donors (Lipinski definition) is 1. The SMILES string of the molecule is CC1OCCC1C(=O)c1cc2c(cc1Br)NC(=O)C2. The van der Waals surface area contributed by atoms with Gasteiger partial charge in [0.25, 0.3) is 0 Å². The van der Waals surface area contributed by atoms with Crippen molar-refractivity contribution in [2.75, 3.05) is 11.9 Å². The predicted molar refractivity (Wildman–Crippen MR) is 74.3 cm³/mol. The molecule has 2 aliphatic rings. The van der Waals surface area contributed by atoms with E-state index in [0.717, 1.165) is 22.1 Å². The Hall–Kier alpha value is -1.20. The van der Waals surface area contributed by atoms with Crippen molar-refractivity contribution in [3.8, 4) is 0 Å². The van der Waals surface area contributed by atoms with E-state index < -0.39 is 0 Å². The van der Waals surface area contributed by atoms with Crippen molar-refractivity contribution in [3.63, 3.8) is 0 Å². The molecule has 0 radical (unpaired) electrons. The van der Waals surface area contributed by atoms with Crippen LogP contribution >= 0.6 is 15.9 Å². The summed E-state index contributed by atoms with van der Waals surface area (Å²) >= 11 is 3.42. The summed E-state index contributed by atoms with van der Waals surface area (Å²) in [4.78, 5) is 23.9. The zero-order valence-corrected chi connectivity index (χ0v) is 12.1. The fraction of sp³-hybridized carbons (Fsp3) is 0.429. The van der Waals surface area contributed by atoms with Gasteiger partial charge >= 0.3 is 0 Å². The van der Waals surface area contributed by atoms with Crippen LogP contribution in [-0.4, -0.2) is 24.4 Å². The van der Waals surface area contributed by atoms with Crippen LogP contribution in [0.15, 0.2) is 16.6 Å². The van der Waals surface area contributed by atoms with E-state index in [1.165, 1.54) is 0 Å². The van der Waals surface area contributed by atoms with Gasteiger partial charge in [-0.1, -0.05) is 0 Å². The molecule has 100 valence electrons. The fourth-order valence-electron chi connectivity index (χ4n) is 2.71. The normalized spacial score (nSPS) is 25.3. The number of hydrogen-bond acceptors (Lipinski definition) is 3. The second-order valence-corrected chi connectivity index (χ2v) is 5.90. The number of ketones is 1. The number of carbonyl (C=O) groups is 2. The third-order valence-electron chi connectivity index (χ3n) is 3.80. The average molecular weight is 324 g/mol. The Kier molecular flexibility index (Phi) is 3.19. The highest BCUT2D eigenvalue weighted by atomic mass is 79.9. The van der Waals surface area contributed by atoms with E-state index in [2.05, 4.69) is 21.2 Å². The molecule has 0 aromatic heterocycles. The van der Waals surface area contributed by atoms with E-state index in [-0.39, 0.29) is 23.7 Å². The molecular formula is C14H14BrNO3. The van der Waals surface area contributed by atoms with Gasteiger partial charge < -0.3 is 10.1 Å². The highest BCUT2D eigenvalue weighted by Gasteiger charge is 2.33. The van der Waals surface area contributed by atoms with Crippen LogP contribution in [0, 0.1) is 5.92 Å². The number of benzene rings is 1. The molecule has 0 saturated carbocycles. The molecular weight excluding hydrogens is 310 g/mol. The lowest BCUT2D eigenvalue weighted by molar-refractivity contribution is -0.115. The first kappa shape index (κ1) is 12.8. The standard InChI is InChI=1S/C14H14BrNO3/c1-7-9(2-3-19-7)14(18)10-4-8-5-13(17)16-12(8)6-11(10)15/h4,6-7,9H,2-3,5H2,1H3,(H,16,17). The quantitative estimate of drug-likeness (QED) is 0.851. The molecule has 2 aliphatic heterocycles. The van der Waals surface area contributed by atoms with Crippen LogP contribution in [-0.2, 0) is 16.0 Å². The number of ether oxygens (including phenoxy) is 1. The van der Waals surface area contributed by atoms with E-state index >= 15 is 0 Å². The highest BCUT2D eigenvalue weighted by molar-refractivity contribution is 9.10. The molecule has 1 amide bonds. The van der Waals surface area contributed by atoms with Crippen LogP contribution in [0.25, 0.3) is 0 Å². The summed E-state index contributed by atoms with van der Waals surface area (Å²) in [5.41, 5.74) is 2.34. The Morgan fingerprint density at radius 3 is 2.95 bits per heavy atom. The molecule has 2 atom stereocenters.